The zero-order valence-corrected chi connectivity index (χ0v) is 28.6. The molecule has 0 radical (unpaired) electrons. The van der Waals surface area contributed by atoms with E-state index in [0.717, 1.165) is 12.8 Å². The van der Waals surface area contributed by atoms with Gasteiger partial charge in [-0.05, 0) is 92.3 Å². The van der Waals surface area contributed by atoms with Gasteiger partial charge in [-0.1, -0.05) is 39.3 Å². The summed E-state index contributed by atoms with van der Waals surface area (Å²) in [5.74, 6) is -1.88. The second-order valence-electron chi connectivity index (χ2n) is 16.0. The molecule has 4 fully saturated rings. The molecule has 5 rings (SSSR count). The highest BCUT2D eigenvalue weighted by Crippen LogP contribution is 2.67. The van der Waals surface area contributed by atoms with Gasteiger partial charge in [0.25, 0.3) is 0 Å². The van der Waals surface area contributed by atoms with Crippen LogP contribution in [0.4, 0.5) is 0 Å². The fourth-order valence-corrected chi connectivity index (χ4v) is 10.8. The molecule has 0 aromatic heterocycles. The van der Waals surface area contributed by atoms with Crippen LogP contribution in [-0.4, -0.2) is 98.8 Å². The first-order valence-corrected chi connectivity index (χ1v) is 18.2. The predicted molar refractivity (Wildman–Crippen MR) is 166 cm³/mol. The minimum Gasteiger partial charge on any atom is -0.479 e. The molecule has 0 amide bonds. The number of ether oxygens (including phenoxy) is 2. The Balaban J connectivity index is 1.40. The Labute approximate surface area is 276 Å². The Kier molecular flexibility index (Phi) is 10.2. The third-order valence-corrected chi connectivity index (χ3v) is 12.8. The molecule has 0 spiro atoms. The molecule has 5 aliphatic rings. The summed E-state index contributed by atoms with van der Waals surface area (Å²) in [4.78, 5) is 24.4. The van der Waals surface area contributed by atoms with Gasteiger partial charge in [-0.3, -0.25) is 9.35 Å². The molecular weight excluding hydrogens is 636 g/mol. The van der Waals surface area contributed by atoms with E-state index in [4.69, 9.17) is 13.7 Å². The maximum absolute atomic E-state index is 12.8. The summed E-state index contributed by atoms with van der Waals surface area (Å²) in [6, 6.07) is 0. The number of carboxylic acids is 1. The summed E-state index contributed by atoms with van der Waals surface area (Å²) in [5.41, 5.74) is -0.897. The van der Waals surface area contributed by atoms with Crippen LogP contribution in [0.15, 0.2) is 11.6 Å². The van der Waals surface area contributed by atoms with Crippen LogP contribution in [0, 0.1) is 40.4 Å². The Bertz CT molecular complexity index is 1350. The van der Waals surface area contributed by atoms with Gasteiger partial charge in [0.2, 0.25) is 0 Å². The SMILES string of the molecule is CC(C)CC(=O)C[C@](C)(O)[C@H]1CC[C@H]2[C@@H]3C[C@H](OS(=O)(=O)O)[C@H]4C[C@@H](O[C@@H]5O[C@H](C(=O)O)[C@@H](O)[C@H](O)[C@H]5O)CC[C@]4(C)C3=CC[C@@]21C. The van der Waals surface area contributed by atoms with Gasteiger partial charge in [0.1, 0.15) is 24.1 Å². The van der Waals surface area contributed by atoms with E-state index in [9.17, 15) is 48.1 Å². The van der Waals surface area contributed by atoms with E-state index in [1.165, 1.54) is 5.57 Å². The minimum atomic E-state index is -4.85. The third kappa shape index (κ3) is 6.96. The van der Waals surface area contributed by atoms with Crippen LogP contribution >= 0.6 is 0 Å². The van der Waals surface area contributed by atoms with Gasteiger partial charge < -0.3 is 35.0 Å². The number of carboxylic acid groups (broad SMARTS) is 1. The number of ketones is 1. The number of aliphatic hydroxyl groups is 4. The summed E-state index contributed by atoms with van der Waals surface area (Å²) in [5, 5.41) is 52.0. The van der Waals surface area contributed by atoms with Crippen LogP contribution in [0.2, 0.25) is 0 Å². The van der Waals surface area contributed by atoms with Crippen LogP contribution in [0.25, 0.3) is 0 Å². The summed E-state index contributed by atoms with van der Waals surface area (Å²) in [7, 11) is -4.85. The molecule has 14 atom stereocenters. The number of allylic oxidation sites excluding steroid dienone is 2. The lowest BCUT2D eigenvalue weighted by molar-refractivity contribution is -0.309. The van der Waals surface area contributed by atoms with Gasteiger partial charge in [0, 0.05) is 12.8 Å². The monoisotopic (exact) mass is 688 g/mol. The molecule has 268 valence electrons. The first-order valence-electron chi connectivity index (χ1n) is 16.9. The van der Waals surface area contributed by atoms with E-state index >= 15 is 0 Å². The van der Waals surface area contributed by atoms with Gasteiger partial charge in [-0.25, -0.2) is 8.98 Å². The van der Waals surface area contributed by atoms with Gasteiger partial charge in [-0.2, -0.15) is 8.42 Å². The van der Waals surface area contributed by atoms with Crippen molar-refractivity contribution in [2.75, 3.05) is 0 Å². The van der Waals surface area contributed by atoms with Crippen LogP contribution in [0.3, 0.4) is 0 Å². The molecule has 0 aromatic rings. The number of carbonyl (C=O) groups excluding carboxylic acids is 1. The number of Topliss-reactive ketones (excluding diaryl/α,β-unsaturated/α-hetero) is 1. The van der Waals surface area contributed by atoms with E-state index in [2.05, 4.69) is 19.9 Å². The van der Waals surface area contributed by atoms with Crippen molar-refractivity contribution in [3.63, 3.8) is 0 Å². The van der Waals surface area contributed by atoms with Crippen LogP contribution < -0.4 is 0 Å². The Hall–Kier alpha value is -1.49. The molecule has 1 saturated heterocycles. The van der Waals surface area contributed by atoms with Gasteiger partial charge in [-0.15, -0.1) is 0 Å². The zero-order valence-electron chi connectivity index (χ0n) is 27.8. The lowest BCUT2D eigenvalue weighted by Gasteiger charge is -2.59. The zero-order chi connectivity index (χ0) is 34.9. The first-order chi connectivity index (χ1) is 21.7. The molecule has 0 aromatic carbocycles. The van der Waals surface area contributed by atoms with Crippen LogP contribution in [-0.2, 0) is 33.6 Å². The maximum Gasteiger partial charge on any atom is 0.397 e. The molecule has 1 heterocycles. The number of aliphatic hydroxyl groups excluding tert-OH is 3. The molecule has 3 saturated carbocycles. The van der Waals surface area contributed by atoms with Crippen molar-refractivity contribution in [2.45, 2.75) is 141 Å². The Morgan fingerprint density at radius 3 is 2.36 bits per heavy atom. The summed E-state index contributed by atoms with van der Waals surface area (Å²) in [6.07, 6.45) is -3.90. The second-order valence-corrected chi connectivity index (χ2v) is 17.0. The standard InChI is InChI=1S/C33H52O13S/c1-16(2)12-17(34)15-33(5,40)24-7-6-20-19-14-23(46-47(41,42)43)22-13-18(8-10-31(22,3)21(19)9-11-32(20,24)4)44-30-27(37)25(35)26(36)28(45-30)29(38)39/h9,16,18-20,22-28,30,35-37,40H,6-8,10-15H2,1-5H3,(H,38,39)(H,41,42,43)/t18-,19-,20-,22+,23-,24-,25-,26-,27+,28-,30+,31+,32-,33-/m0/s1. The smallest absolute Gasteiger partial charge is 0.397 e. The van der Waals surface area contributed by atoms with Crippen LogP contribution in [0.1, 0.15) is 92.4 Å². The molecule has 6 N–H and O–H groups in total. The van der Waals surface area contributed by atoms with Crippen molar-refractivity contribution in [3.8, 4) is 0 Å². The van der Waals surface area contributed by atoms with Gasteiger partial charge in [0.05, 0.1) is 17.8 Å². The highest BCUT2D eigenvalue weighted by molar-refractivity contribution is 7.80. The van der Waals surface area contributed by atoms with Crippen molar-refractivity contribution in [1.29, 1.82) is 0 Å². The highest BCUT2D eigenvalue weighted by Gasteiger charge is 2.62. The third-order valence-electron chi connectivity index (χ3n) is 12.3. The van der Waals surface area contributed by atoms with Crippen LogP contribution in [0.5, 0.6) is 0 Å². The van der Waals surface area contributed by atoms with Crippen molar-refractivity contribution in [2.24, 2.45) is 40.4 Å². The number of carbonyl (C=O) groups is 2. The lowest BCUT2D eigenvalue weighted by atomic mass is 9.47. The van der Waals surface area contributed by atoms with Crippen molar-refractivity contribution >= 4 is 22.2 Å². The van der Waals surface area contributed by atoms with E-state index in [1.54, 1.807) is 6.92 Å². The second kappa shape index (κ2) is 13.0. The van der Waals surface area contributed by atoms with E-state index in [-0.39, 0.29) is 47.7 Å². The Morgan fingerprint density at radius 2 is 1.74 bits per heavy atom. The summed E-state index contributed by atoms with van der Waals surface area (Å²) in [6.45, 7) is 9.94. The van der Waals surface area contributed by atoms with E-state index in [1.807, 2.05) is 13.8 Å². The molecule has 4 aliphatic carbocycles. The number of rotatable bonds is 10. The molecule has 13 nitrogen and oxygen atoms in total. The van der Waals surface area contributed by atoms with E-state index < -0.39 is 76.2 Å². The van der Waals surface area contributed by atoms with Crippen molar-refractivity contribution in [1.82, 2.24) is 0 Å². The summed E-state index contributed by atoms with van der Waals surface area (Å²) >= 11 is 0. The quantitative estimate of drug-likeness (QED) is 0.111. The number of aliphatic carboxylic acids is 1. The first kappa shape index (κ1) is 36.8. The van der Waals surface area contributed by atoms with Gasteiger partial charge >= 0.3 is 16.4 Å². The topological polar surface area (TPSA) is 217 Å². The van der Waals surface area contributed by atoms with Crippen molar-refractivity contribution < 1.29 is 61.7 Å². The lowest BCUT2D eigenvalue weighted by Crippen LogP contribution is -2.61. The predicted octanol–water partition coefficient (Wildman–Crippen LogP) is 2.40. The molecule has 47 heavy (non-hydrogen) atoms. The molecule has 14 heteroatoms. The largest absolute Gasteiger partial charge is 0.479 e. The average Bonchev–Trinajstić information content (AvgIpc) is 3.30. The number of hydrogen-bond donors (Lipinski definition) is 6. The molecule has 0 unspecified atom stereocenters. The highest BCUT2D eigenvalue weighted by atomic mass is 32.3. The molecule has 0 bridgehead atoms. The maximum atomic E-state index is 12.8. The normalized spacial score (nSPS) is 44.9. The van der Waals surface area contributed by atoms with Gasteiger partial charge in [0.15, 0.2) is 12.4 Å². The minimum absolute atomic E-state index is 0.0352. The Morgan fingerprint density at radius 1 is 1.06 bits per heavy atom. The fraction of sp³-hybridized carbons (Fsp3) is 0.879. The number of fused-ring (bicyclic) bond motifs is 5. The number of hydrogen-bond acceptors (Lipinski definition) is 11. The van der Waals surface area contributed by atoms with Crippen molar-refractivity contribution in [3.05, 3.63) is 11.6 Å². The van der Waals surface area contributed by atoms with E-state index in [0.29, 0.717) is 32.1 Å². The molecular formula is C33H52O13S. The summed E-state index contributed by atoms with van der Waals surface area (Å²) < 4.78 is 50.9. The molecule has 1 aliphatic heterocycles. The average molecular weight is 689 g/mol. The fourth-order valence-electron chi connectivity index (χ4n) is 10.3.